The van der Waals surface area contributed by atoms with Crippen molar-refractivity contribution in [1.82, 2.24) is 0 Å². The van der Waals surface area contributed by atoms with Gasteiger partial charge in [-0.25, -0.2) is 0 Å². The fourth-order valence-electron chi connectivity index (χ4n) is 2.13. The van der Waals surface area contributed by atoms with Crippen LogP contribution < -0.4 is 10.5 Å². The van der Waals surface area contributed by atoms with Crippen LogP contribution >= 0.6 is 0 Å². The van der Waals surface area contributed by atoms with E-state index in [0.29, 0.717) is 0 Å². The van der Waals surface area contributed by atoms with Gasteiger partial charge in [0.15, 0.2) is 0 Å². The molecule has 3 nitrogen and oxygen atoms in total. The van der Waals surface area contributed by atoms with E-state index in [9.17, 15) is 5.26 Å². The van der Waals surface area contributed by atoms with Crippen molar-refractivity contribution in [2.45, 2.75) is 33.2 Å². The lowest BCUT2D eigenvalue weighted by Gasteiger charge is -2.22. The van der Waals surface area contributed by atoms with Gasteiger partial charge < -0.3 is 10.5 Å². The summed E-state index contributed by atoms with van der Waals surface area (Å²) < 4.78 is 5.30. The van der Waals surface area contributed by atoms with Gasteiger partial charge in [-0.3, -0.25) is 0 Å². The zero-order valence-corrected chi connectivity index (χ0v) is 11.6. The molecule has 0 bridgehead atoms. The SMILES string of the molecule is CCc1cc(C(N)C(C#N)C(C)C)ccc1OC. The average Bonchev–Trinajstić information content (AvgIpc) is 2.38. The molecule has 0 spiro atoms. The highest BCUT2D eigenvalue weighted by atomic mass is 16.5. The molecule has 98 valence electrons. The van der Waals surface area contributed by atoms with E-state index in [-0.39, 0.29) is 17.9 Å². The zero-order chi connectivity index (χ0) is 13.7. The second-order valence-electron chi connectivity index (χ2n) is 4.85. The number of nitrogens with two attached hydrogens (primary N) is 1. The molecule has 0 aromatic heterocycles. The largest absolute Gasteiger partial charge is 0.496 e. The number of benzene rings is 1. The van der Waals surface area contributed by atoms with Gasteiger partial charge >= 0.3 is 0 Å². The van der Waals surface area contributed by atoms with Crippen molar-refractivity contribution < 1.29 is 4.74 Å². The Hall–Kier alpha value is -1.53. The number of rotatable bonds is 5. The summed E-state index contributed by atoms with van der Waals surface area (Å²) in [6.45, 7) is 6.13. The van der Waals surface area contributed by atoms with Gasteiger partial charge in [0.2, 0.25) is 0 Å². The van der Waals surface area contributed by atoms with Gasteiger partial charge in [-0.05, 0) is 29.5 Å². The minimum absolute atomic E-state index is 0.164. The second-order valence-corrected chi connectivity index (χ2v) is 4.85. The summed E-state index contributed by atoms with van der Waals surface area (Å²) in [5, 5.41) is 9.20. The first-order valence-electron chi connectivity index (χ1n) is 6.37. The summed E-state index contributed by atoms with van der Waals surface area (Å²) in [6, 6.07) is 8.00. The Kier molecular flexibility index (Phi) is 5.18. The Bertz CT molecular complexity index is 435. The van der Waals surface area contributed by atoms with Crippen LogP contribution in [0.15, 0.2) is 18.2 Å². The summed E-state index contributed by atoms with van der Waals surface area (Å²) in [5.74, 6) is 0.965. The van der Waals surface area contributed by atoms with E-state index in [0.717, 1.165) is 23.3 Å². The number of hydrogen-bond donors (Lipinski definition) is 1. The molecule has 0 fully saturated rings. The van der Waals surface area contributed by atoms with Gasteiger partial charge in [-0.1, -0.05) is 32.9 Å². The highest BCUT2D eigenvalue weighted by Gasteiger charge is 2.23. The first-order valence-corrected chi connectivity index (χ1v) is 6.37. The Morgan fingerprint density at radius 2 is 2.06 bits per heavy atom. The predicted octanol–water partition coefficient (Wildman–Crippen LogP) is 3.05. The van der Waals surface area contributed by atoms with Crippen LogP contribution in [0.2, 0.25) is 0 Å². The quantitative estimate of drug-likeness (QED) is 0.868. The number of ether oxygens (including phenoxy) is 1. The van der Waals surface area contributed by atoms with Crippen LogP contribution in [0.5, 0.6) is 5.75 Å². The molecule has 0 saturated heterocycles. The summed E-state index contributed by atoms with van der Waals surface area (Å²) in [4.78, 5) is 0. The predicted molar refractivity (Wildman–Crippen MR) is 73.2 cm³/mol. The van der Waals surface area contributed by atoms with Crippen molar-refractivity contribution in [3.05, 3.63) is 29.3 Å². The molecule has 1 rings (SSSR count). The number of aryl methyl sites for hydroxylation is 1. The lowest BCUT2D eigenvalue weighted by molar-refractivity contribution is 0.399. The molecule has 2 N–H and O–H groups in total. The summed E-state index contributed by atoms with van der Waals surface area (Å²) in [6.07, 6.45) is 0.892. The molecular formula is C15H22N2O. The monoisotopic (exact) mass is 246 g/mol. The van der Waals surface area contributed by atoms with Gasteiger partial charge in [0, 0.05) is 6.04 Å². The van der Waals surface area contributed by atoms with Crippen LogP contribution in [-0.2, 0) is 6.42 Å². The van der Waals surface area contributed by atoms with Crippen LogP contribution in [0.4, 0.5) is 0 Å². The maximum Gasteiger partial charge on any atom is 0.122 e. The zero-order valence-electron chi connectivity index (χ0n) is 11.6. The maximum atomic E-state index is 9.20. The van der Waals surface area contributed by atoms with E-state index in [4.69, 9.17) is 10.5 Å². The number of hydrogen-bond acceptors (Lipinski definition) is 3. The van der Waals surface area contributed by atoms with E-state index in [1.807, 2.05) is 26.0 Å². The van der Waals surface area contributed by atoms with Crippen molar-refractivity contribution in [2.24, 2.45) is 17.6 Å². The van der Waals surface area contributed by atoms with Crippen molar-refractivity contribution in [2.75, 3.05) is 7.11 Å². The molecule has 0 amide bonds. The molecule has 1 aromatic carbocycles. The molecule has 0 aliphatic carbocycles. The molecule has 2 atom stereocenters. The van der Waals surface area contributed by atoms with E-state index in [1.165, 1.54) is 0 Å². The Morgan fingerprint density at radius 1 is 1.39 bits per heavy atom. The van der Waals surface area contributed by atoms with Gasteiger partial charge in [0.25, 0.3) is 0 Å². The molecule has 0 aliphatic heterocycles. The number of nitrogens with zero attached hydrogens (tertiary/aromatic N) is 1. The normalized spacial score (nSPS) is 14.1. The van der Waals surface area contributed by atoms with Gasteiger partial charge in [-0.2, -0.15) is 5.26 Å². The fourth-order valence-corrected chi connectivity index (χ4v) is 2.13. The molecule has 0 aliphatic rings. The van der Waals surface area contributed by atoms with Gasteiger partial charge in [0.1, 0.15) is 5.75 Å². The van der Waals surface area contributed by atoms with E-state index in [1.54, 1.807) is 7.11 Å². The Balaban J connectivity index is 3.07. The minimum Gasteiger partial charge on any atom is -0.496 e. The van der Waals surface area contributed by atoms with Crippen molar-refractivity contribution >= 4 is 0 Å². The Labute approximate surface area is 110 Å². The third-order valence-electron chi connectivity index (χ3n) is 3.32. The number of methoxy groups -OCH3 is 1. The molecule has 18 heavy (non-hydrogen) atoms. The number of nitriles is 1. The van der Waals surface area contributed by atoms with Gasteiger partial charge in [-0.15, -0.1) is 0 Å². The van der Waals surface area contributed by atoms with Crippen molar-refractivity contribution in [3.63, 3.8) is 0 Å². The van der Waals surface area contributed by atoms with E-state index in [2.05, 4.69) is 19.1 Å². The van der Waals surface area contributed by atoms with Gasteiger partial charge in [0.05, 0.1) is 19.1 Å². The van der Waals surface area contributed by atoms with Crippen LogP contribution in [0.25, 0.3) is 0 Å². The molecular weight excluding hydrogens is 224 g/mol. The standard InChI is InChI=1S/C15H22N2O/c1-5-11-8-12(6-7-14(11)18-4)15(17)13(9-16)10(2)3/h6-8,10,13,15H,5,17H2,1-4H3. The van der Waals surface area contributed by atoms with Crippen molar-refractivity contribution in [3.8, 4) is 11.8 Å². The minimum atomic E-state index is -0.244. The van der Waals surface area contributed by atoms with Crippen LogP contribution in [0, 0.1) is 23.2 Å². The highest BCUT2D eigenvalue weighted by molar-refractivity contribution is 5.39. The molecule has 0 radical (unpaired) electrons. The first kappa shape index (κ1) is 14.5. The van der Waals surface area contributed by atoms with Crippen LogP contribution in [-0.4, -0.2) is 7.11 Å². The highest BCUT2D eigenvalue weighted by Crippen LogP contribution is 2.29. The summed E-state index contributed by atoms with van der Waals surface area (Å²) in [5.41, 5.74) is 8.34. The molecule has 2 unspecified atom stereocenters. The second kappa shape index (κ2) is 6.42. The average molecular weight is 246 g/mol. The molecule has 1 aromatic rings. The topological polar surface area (TPSA) is 59.0 Å². The van der Waals surface area contributed by atoms with Crippen LogP contribution in [0.3, 0.4) is 0 Å². The Morgan fingerprint density at radius 3 is 2.50 bits per heavy atom. The van der Waals surface area contributed by atoms with Crippen molar-refractivity contribution in [1.29, 1.82) is 5.26 Å². The molecule has 0 heterocycles. The summed E-state index contributed by atoms with van der Waals surface area (Å²) >= 11 is 0. The first-order chi connectivity index (χ1) is 8.54. The molecule has 3 heteroatoms. The fraction of sp³-hybridized carbons (Fsp3) is 0.533. The third kappa shape index (κ3) is 3.02. The molecule has 0 saturated carbocycles. The van der Waals surface area contributed by atoms with Crippen LogP contribution in [0.1, 0.15) is 37.9 Å². The maximum absolute atomic E-state index is 9.20. The smallest absolute Gasteiger partial charge is 0.122 e. The van der Waals surface area contributed by atoms with E-state index < -0.39 is 0 Å². The summed E-state index contributed by atoms with van der Waals surface area (Å²) in [7, 11) is 1.67. The lowest BCUT2D eigenvalue weighted by atomic mass is 9.85. The lowest BCUT2D eigenvalue weighted by Crippen LogP contribution is -2.24. The third-order valence-corrected chi connectivity index (χ3v) is 3.32. The van der Waals surface area contributed by atoms with E-state index >= 15 is 0 Å².